The van der Waals surface area contributed by atoms with Gasteiger partial charge in [-0.3, -0.25) is 0 Å². The highest BCUT2D eigenvalue weighted by molar-refractivity contribution is 5.80. The third-order valence-electron chi connectivity index (χ3n) is 2.92. The minimum atomic E-state index is 0.811. The molecule has 18 heavy (non-hydrogen) atoms. The molecule has 0 bridgehead atoms. The maximum Gasteiger partial charge on any atom is 0.0320 e. The van der Waals surface area contributed by atoms with Crippen molar-refractivity contribution in [3.05, 3.63) is 71.8 Å². The lowest BCUT2D eigenvalue weighted by atomic mass is 9.96. The van der Waals surface area contributed by atoms with E-state index >= 15 is 0 Å². The molecule has 2 aromatic carbocycles. The first-order valence-corrected chi connectivity index (χ1v) is 6.42. The average Bonchev–Trinajstić information content (AvgIpc) is 2.40. The van der Waals surface area contributed by atoms with Gasteiger partial charge in [0.2, 0.25) is 0 Å². The molecule has 0 aliphatic heterocycles. The Morgan fingerprint density at radius 2 is 1.72 bits per heavy atom. The number of nitrogens with two attached hydrogens (primary N) is 1. The molecular formula is C17H19N. The van der Waals surface area contributed by atoms with E-state index in [9.17, 15) is 0 Å². The maximum atomic E-state index is 5.88. The second kappa shape index (κ2) is 6.06. The first kappa shape index (κ1) is 12.4. The van der Waals surface area contributed by atoms with E-state index in [0.717, 1.165) is 18.5 Å². The number of anilines is 1. The lowest BCUT2D eigenvalue weighted by Gasteiger charge is -2.09. The van der Waals surface area contributed by atoms with Crippen molar-refractivity contribution in [2.45, 2.75) is 19.8 Å². The molecule has 0 aliphatic rings. The van der Waals surface area contributed by atoms with Gasteiger partial charge in [-0.25, -0.2) is 0 Å². The molecular weight excluding hydrogens is 218 g/mol. The summed E-state index contributed by atoms with van der Waals surface area (Å²) in [5.74, 6) is 0. The van der Waals surface area contributed by atoms with E-state index < -0.39 is 0 Å². The third kappa shape index (κ3) is 3.01. The lowest BCUT2D eigenvalue weighted by Crippen LogP contribution is -1.91. The number of hydrogen-bond donors (Lipinski definition) is 1. The summed E-state index contributed by atoms with van der Waals surface area (Å²) in [5, 5.41) is 0. The Morgan fingerprint density at radius 1 is 1.00 bits per heavy atom. The van der Waals surface area contributed by atoms with Gasteiger partial charge in [0.1, 0.15) is 0 Å². The van der Waals surface area contributed by atoms with Crippen LogP contribution in [0.15, 0.2) is 60.7 Å². The van der Waals surface area contributed by atoms with Crippen LogP contribution in [0.25, 0.3) is 5.57 Å². The topological polar surface area (TPSA) is 26.0 Å². The first-order valence-electron chi connectivity index (χ1n) is 6.42. The molecule has 2 rings (SSSR count). The second-order valence-corrected chi connectivity index (χ2v) is 4.40. The molecule has 0 fully saturated rings. The normalized spacial score (nSPS) is 11.5. The third-order valence-corrected chi connectivity index (χ3v) is 2.92. The molecule has 0 aliphatic carbocycles. The predicted molar refractivity (Wildman–Crippen MR) is 79.3 cm³/mol. The number of nitrogen functional groups attached to an aromatic ring is 1. The molecule has 0 unspecified atom stereocenters. The van der Waals surface area contributed by atoms with E-state index in [1.807, 2.05) is 24.3 Å². The summed E-state index contributed by atoms with van der Waals surface area (Å²) in [7, 11) is 0. The van der Waals surface area contributed by atoms with Crippen molar-refractivity contribution >= 4 is 11.3 Å². The minimum absolute atomic E-state index is 0.811. The van der Waals surface area contributed by atoms with Crippen molar-refractivity contribution in [3.63, 3.8) is 0 Å². The number of allylic oxidation sites excluding steroid dienone is 1. The average molecular weight is 237 g/mol. The van der Waals surface area contributed by atoms with Gasteiger partial charge in [-0.2, -0.15) is 0 Å². The molecule has 92 valence electrons. The van der Waals surface area contributed by atoms with E-state index in [4.69, 9.17) is 5.73 Å². The maximum absolute atomic E-state index is 5.88. The largest absolute Gasteiger partial charge is 0.399 e. The molecule has 0 spiro atoms. The van der Waals surface area contributed by atoms with Gasteiger partial charge >= 0.3 is 0 Å². The lowest BCUT2D eigenvalue weighted by molar-refractivity contribution is 0.960. The monoisotopic (exact) mass is 237 g/mol. The van der Waals surface area contributed by atoms with Gasteiger partial charge in [-0.15, -0.1) is 0 Å². The van der Waals surface area contributed by atoms with Crippen LogP contribution in [0, 0.1) is 0 Å². The zero-order chi connectivity index (χ0) is 12.8. The van der Waals surface area contributed by atoms with Crippen LogP contribution in [0.5, 0.6) is 0 Å². The van der Waals surface area contributed by atoms with Crippen LogP contribution in [0.2, 0.25) is 0 Å². The first-order chi connectivity index (χ1) is 8.81. The summed E-state index contributed by atoms with van der Waals surface area (Å²) in [4.78, 5) is 0. The molecule has 0 radical (unpaired) electrons. The highest BCUT2D eigenvalue weighted by Gasteiger charge is 2.04. The van der Waals surface area contributed by atoms with Gasteiger partial charge in [0, 0.05) is 5.69 Å². The predicted octanol–water partition coefficient (Wildman–Crippen LogP) is 4.50. The van der Waals surface area contributed by atoms with Crippen molar-refractivity contribution in [1.82, 2.24) is 0 Å². The minimum Gasteiger partial charge on any atom is -0.399 e. The highest BCUT2D eigenvalue weighted by atomic mass is 14.5. The summed E-state index contributed by atoms with van der Waals surface area (Å²) >= 11 is 0. The van der Waals surface area contributed by atoms with Gasteiger partial charge < -0.3 is 5.73 Å². The fourth-order valence-corrected chi connectivity index (χ4v) is 2.01. The van der Waals surface area contributed by atoms with Crippen molar-refractivity contribution < 1.29 is 0 Å². The Hall–Kier alpha value is -2.02. The molecule has 0 amide bonds. The van der Waals surface area contributed by atoms with E-state index in [2.05, 4.69) is 43.3 Å². The molecule has 0 heterocycles. The fourth-order valence-electron chi connectivity index (χ4n) is 2.01. The zero-order valence-electron chi connectivity index (χ0n) is 10.8. The number of benzene rings is 2. The van der Waals surface area contributed by atoms with Gasteiger partial charge in [-0.1, -0.05) is 61.9 Å². The number of rotatable bonds is 4. The van der Waals surface area contributed by atoms with Crippen LogP contribution in [0.4, 0.5) is 5.69 Å². The Balaban J connectivity index is 2.44. The van der Waals surface area contributed by atoms with Crippen LogP contribution in [0.1, 0.15) is 30.9 Å². The summed E-state index contributed by atoms with van der Waals surface area (Å²) in [5.41, 5.74) is 10.4. The van der Waals surface area contributed by atoms with Crippen LogP contribution < -0.4 is 5.73 Å². The molecule has 0 aromatic heterocycles. The summed E-state index contributed by atoms with van der Waals surface area (Å²) in [6.07, 6.45) is 4.53. The van der Waals surface area contributed by atoms with Crippen molar-refractivity contribution in [2.75, 3.05) is 5.73 Å². The van der Waals surface area contributed by atoms with Crippen LogP contribution in [0.3, 0.4) is 0 Å². The Kier molecular flexibility index (Phi) is 4.19. The SMILES string of the molecule is CCC/C=C(/c1ccccc1)c1cccc(N)c1. The molecule has 1 heteroatoms. The molecule has 2 aromatic rings. The quantitative estimate of drug-likeness (QED) is 0.778. The van der Waals surface area contributed by atoms with Gasteiger partial charge in [0.15, 0.2) is 0 Å². The van der Waals surface area contributed by atoms with E-state index in [1.54, 1.807) is 0 Å². The van der Waals surface area contributed by atoms with Gasteiger partial charge in [0.05, 0.1) is 0 Å². The van der Waals surface area contributed by atoms with Gasteiger partial charge in [-0.05, 0) is 35.3 Å². The number of hydrogen-bond acceptors (Lipinski definition) is 1. The van der Waals surface area contributed by atoms with Crippen molar-refractivity contribution in [3.8, 4) is 0 Å². The fraction of sp³-hybridized carbons (Fsp3) is 0.176. The van der Waals surface area contributed by atoms with Gasteiger partial charge in [0.25, 0.3) is 0 Å². The Morgan fingerprint density at radius 3 is 2.39 bits per heavy atom. The van der Waals surface area contributed by atoms with Crippen molar-refractivity contribution in [1.29, 1.82) is 0 Å². The second-order valence-electron chi connectivity index (χ2n) is 4.40. The van der Waals surface area contributed by atoms with Crippen LogP contribution in [-0.2, 0) is 0 Å². The number of unbranched alkanes of at least 4 members (excludes halogenated alkanes) is 1. The molecule has 2 N–H and O–H groups in total. The van der Waals surface area contributed by atoms with E-state index in [-0.39, 0.29) is 0 Å². The van der Waals surface area contributed by atoms with Crippen LogP contribution in [-0.4, -0.2) is 0 Å². The zero-order valence-corrected chi connectivity index (χ0v) is 10.8. The van der Waals surface area contributed by atoms with Crippen molar-refractivity contribution in [2.24, 2.45) is 0 Å². The summed E-state index contributed by atoms with van der Waals surface area (Å²) in [6, 6.07) is 18.6. The van der Waals surface area contributed by atoms with E-state index in [1.165, 1.54) is 16.7 Å². The summed E-state index contributed by atoms with van der Waals surface area (Å²) < 4.78 is 0. The molecule has 1 nitrogen and oxygen atoms in total. The molecule has 0 atom stereocenters. The van der Waals surface area contributed by atoms with Crippen LogP contribution >= 0.6 is 0 Å². The molecule has 0 saturated carbocycles. The van der Waals surface area contributed by atoms with E-state index in [0.29, 0.717) is 0 Å². The highest BCUT2D eigenvalue weighted by Crippen LogP contribution is 2.25. The molecule has 0 saturated heterocycles. The standard InChI is InChI=1S/C17H19N/c1-2-3-12-17(14-8-5-4-6-9-14)15-10-7-11-16(18)13-15/h4-13H,2-3,18H2,1H3/b17-12-. The summed E-state index contributed by atoms with van der Waals surface area (Å²) in [6.45, 7) is 2.19. The smallest absolute Gasteiger partial charge is 0.0320 e. The Bertz CT molecular complexity index is 526. The Labute approximate surface area is 109 Å².